The summed E-state index contributed by atoms with van der Waals surface area (Å²) in [5.74, 6) is 1.36. The maximum atomic E-state index is 14.8. The lowest BCUT2D eigenvalue weighted by Crippen LogP contribution is -2.69. The highest BCUT2D eigenvalue weighted by Crippen LogP contribution is 2.49. The first-order valence-corrected chi connectivity index (χ1v) is 37.9. The summed E-state index contributed by atoms with van der Waals surface area (Å²) in [5.41, 5.74) is 2.26. The Morgan fingerprint density at radius 1 is 0.644 bits per heavy atom. The molecule has 8 bridgehead atoms. The van der Waals surface area contributed by atoms with E-state index < -0.39 is 61.6 Å². The molecule has 0 aromatic rings. The normalized spacial score (nSPS) is 39.2. The van der Waals surface area contributed by atoms with E-state index in [2.05, 4.69) is 149 Å². The Bertz CT molecular complexity index is 1900. The summed E-state index contributed by atoms with van der Waals surface area (Å²) in [4.78, 5) is 14.8. The molecule has 0 amide bonds. The molecule has 18 atom stereocenters. The van der Waals surface area contributed by atoms with Crippen LogP contribution in [0.2, 0.25) is 54.4 Å². The maximum Gasteiger partial charge on any atom is 0.193 e. The molecule has 0 radical (unpaired) electrons. The summed E-state index contributed by atoms with van der Waals surface area (Å²) in [6, 6.07) is 0. The van der Waals surface area contributed by atoms with Crippen molar-refractivity contribution in [1.82, 2.24) is 0 Å². The molecule has 8 heterocycles. The number of aliphatic hydroxyl groups excluding tert-OH is 1. The minimum absolute atomic E-state index is 0.00835. The Kier molecular flexibility index (Phi) is 20.1. The van der Waals surface area contributed by atoms with Gasteiger partial charge in [-0.15, -0.1) is 0 Å². The van der Waals surface area contributed by atoms with Crippen LogP contribution in [0.4, 0.5) is 0 Å². The van der Waals surface area contributed by atoms with Crippen molar-refractivity contribution in [3.8, 4) is 0 Å². The van der Waals surface area contributed by atoms with Gasteiger partial charge >= 0.3 is 0 Å². The van der Waals surface area contributed by atoms with Gasteiger partial charge in [-0.25, -0.2) is 0 Å². The number of carbonyl (C=O) groups excluding carboxylic acids is 1. The van der Waals surface area contributed by atoms with Gasteiger partial charge in [0, 0.05) is 19.3 Å². The first kappa shape index (κ1) is 61.4. The summed E-state index contributed by atoms with van der Waals surface area (Å²) in [5, 5.41) is 11.5. The van der Waals surface area contributed by atoms with Gasteiger partial charge in [-0.05, 0) is 147 Å². The molecule has 13 heteroatoms. The highest BCUT2D eigenvalue weighted by atomic mass is 28.4. The van der Waals surface area contributed by atoms with E-state index in [1.807, 2.05) is 6.08 Å². The summed E-state index contributed by atoms with van der Waals surface area (Å²) < 4.78 is 58.5. The fraction of sp³-hybridized carbons (Fsp3) is 0.883. The molecule has 4 unspecified atom stereocenters. The van der Waals surface area contributed by atoms with E-state index in [-0.39, 0.29) is 81.6 Å². The van der Waals surface area contributed by atoms with Crippen LogP contribution in [0.15, 0.2) is 36.5 Å². The molecule has 0 aliphatic carbocycles. The molecule has 0 aromatic carbocycles. The lowest BCUT2D eigenvalue weighted by atomic mass is 9.78. The van der Waals surface area contributed by atoms with Crippen molar-refractivity contribution in [3.63, 3.8) is 0 Å². The Morgan fingerprint density at radius 3 is 1.79 bits per heavy atom. The van der Waals surface area contributed by atoms with E-state index in [0.29, 0.717) is 43.9 Å². The number of hydrogen-bond donors (Lipinski definition) is 1. The molecule has 420 valence electrons. The van der Waals surface area contributed by atoms with E-state index in [1.165, 1.54) is 0 Å². The Hall–Kier alpha value is -0.819. The maximum absolute atomic E-state index is 14.8. The molecule has 10 nitrogen and oxygen atoms in total. The second kappa shape index (κ2) is 23.9. The van der Waals surface area contributed by atoms with Crippen molar-refractivity contribution in [1.29, 1.82) is 0 Å². The zero-order valence-electron chi connectivity index (χ0n) is 49.8. The lowest BCUT2D eigenvalue weighted by Gasteiger charge is -2.56. The van der Waals surface area contributed by atoms with E-state index in [9.17, 15) is 9.90 Å². The standard InChI is InChI=1S/C60H108O10Si3/c1-22-37(2)31-51-41(6)47-35-43(62)34-46-27-30-49-54(65-46)56(69-72(18,19)59(10,11)12)57(70-73(20,21)60(13,14)15)55(67-49)50(68-71(16,17)58(7,8)9)28-24-42(61)23-25-44-33-39(4)48(63-44)29-26-45-32-38(3)40(5)52(64-45)36-53(47)66-51/h24,28,37-38,41-42,44-57,61H,4-5,22-23,25-27,29-36H2,1-3,6-21H3/b28-24+/t37-,38-,41-,42?,44?,45+,46?,47-,48+,49+,50+,51-,52?,53+,54+,55+,56+,57-/m1/s1. The number of rotatable bonds is 9. The molecule has 5 saturated heterocycles. The Labute approximate surface area is 449 Å². The highest BCUT2D eigenvalue weighted by molar-refractivity contribution is 6.75. The second-order valence-corrected chi connectivity index (χ2v) is 43.1. The molecular formula is C60H108O10Si3. The highest BCUT2D eigenvalue weighted by Gasteiger charge is 2.58. The van der Waals surface area contributed by atoms with Crippen LogP contribution >= 0.6 is 0 Å². The van der Waals surface area contributed by atoms with Crippen LogP contribution in [0.3, 0.4) is 0 Å². The SMILES string of the molecule is C=C1C2C[C@@H]3O[C@H](C[C@H](C)CC)[C@H](C)[C@H]3CC(=O)CC3CC[C@@H]4O[C@H]([C@@H](O[Si](C)(C)C(C)(C)C)[C@@H](O[Si](C)(C)C(C)(C)C)[C@H]4O3)[C@@H](O[Si](C)(C)C(C)(C)C)/C=C/C(O)CCC3CC(=C)[C@H](CC[C@@H](C[C@H]1C)O2)O3. The largest absolute Gasteiger partial charge is 0.408 e. The fourth-order valence-corrected chi connectivity index (χ4v) is 15.4. The van der Waals surface area contributed by atoms with Gasteiger partial charge in [-0.3, -0.25) is 4.79 Å². The van der Waals surface area contributed by atoms with Crippen LogP contribution in [0.1, 0.15) is 173 Å². The number of hydrogen-bond acceptors (Lipinski definition) is 10. The molecule has 1 N–H and O–H groups in total. The van der Waals surface area contributed by atoms with Gasteiger partial charge in [0.25, 0.3) is 0 Å². The van der Waals surface area contributed by atoms with Gasteiger partial charge in [0.1, 0.15) is 30.2 Å². The average molecular weight is 1070 g/mol. The topological polar surface area (TPSA) is 111 Å². The van der Waals surface area contributed by atoms with E-state index >= 15 is 0 Å². The molecule has 73 heavy (non-hydrogen) atoms. The first-order valence-electron chi connectivity index (χ1n) is 29.2. The number of ether oxygens (including phenoxy) is 5. The predicted molar refractivity (Wildman–Crippen MR) is 305 cm³/mol. The van der Waals surface area contributed by atoms with E-state index in [4.69, 9.17) is 37.0 Å². The van der Waals surface area contributed by atoms with Gasteiger partial charge in [-0.1, -0.05) is 122 Å². The van der Waals surface area contributed by atoms with Gasteiger partial charge in [0.15, 0.2) is 25.0 Å². The predicted octanol–water partition coefficient (Wildman–Crippen LogP) is 14.2. The van der Waals surface area contributed by atoms with Crippen molar-refractivity contribution >= 4 is 30.7 Å². The third-order valence-corrected chi connectivity index (χ3v) is 33.4. The molecule has 0 spiro atoms. The van der Waals surface area contributed by atoms with Crippen molar-refractivity contribution in [3.05, 3.63) is 36.5 Å². The van der Waals surface area contributed by atoms with Crippen LogP contribution in [0.5, 0.6) is 0 Å². The summed E-state index contributed by atoms with van der Waals surface area (Å²) in [7, 11) is -7.46. The molecule has 8 rings (SSSR count). The zero-order valence-corrected chi connectivity index (χ0v) is 52.8. The average Bonchev–Trinajstić information content (AvgIpc) is 3.77. The molecular weight excluding hydrogens is 965 g/mol. The number of ketones is 1. The van der Waals surface area contributed by atoms with E-state index in [1.54, 1.807) is 0 Å². The van der Waals surface area contributed by atoms with Crippen molar-refractivity contribution < 1.29 is 46.9 Å². The second-order valence-electron chi connectivity index (χ2n) is 28.8. The zero-order chi connectivity index (χ0) is 54.4. The van der Waals surface area contributed by atoms with Crippen LogP contribution in [-0.4, -0.2) is 121 Å². The fourth-order valence-electron chi connectivity index (χ4n) is 11.6. The van der Waals surface area contributed by atoms with Crippen LogP contribution in [0, 0.1) is 23.7 Å². The van der Waals surface area contributed by atoms with Gasteiger partial charge in [0.05, 0.1) is 61.0 Å². The van der Waals surface area contributed by atoms with Gasteiger partial charge < -0.3 is 42.1 Å². The molecule has 8 aliphatic heterocycles. The third-order valence-electron chi connectivity index (χ3n) is 20.0. The van der Waals surface area contributed by atoms with Crippen LogP contribution in [-0.2, 0) is 41.8 Å². The molecule has 0 aromatic heterocycles. The molecule has 0 saturated carbocycles. The molecule has 5 fully saturated rings. The first-order chi connectivity index (χ1) is 33.6. The van der Waals surface area contributed by atoms with Crippen LogP contribution < -0.4 is 0 Å². The Balaban J connectivity index is 1.42. The van der Waals surface area contributed by atoms with Gasteiger partial charge in [-0.2, -0.15) is 0 Å². The number of fused-ring (bicyclic) bond motifs is 2. The minimum atomic E-state index is -2.52. The monoisotopic (exact) mass is 1070 g/mol. The van der Waals surface area contributed by atoms with Crippen molar-refractivity contribution in [2.75, 3.05) is 0 Å². The summed E-state index contributed by atoms with van der Waals surface area (Å²) >= 11 is 0. The summed E-state index contributed by atoms with van der Waals surface area (Å²) in [6.45, 7) is 52.6. The number of Topliss-reactive ketones (excluding diaryl/α,β-unsaturated/α-hetero) is 1. The number of carbonyl (C=O) groups is 1. The quantitative estimate of drug-likeness (QED) is 0.177. The molecule has 8 aliphatic rings. The summed E-state index contributed by atoms with van der Waals surface area (Å²) in [6.07, 6.45) is 9.69. The smallest absolute Gasteiger partial charge is 0.193 e. The third kappa shape index (κ3) is 14.9. The number of aliphatic hydroxyl groups is 1. The van der Waals surface area contributed by atoms with Crippen molar-refractivity contribution in [2.45, 2.75) is 313 Å². The Morgan fingerprint density at radius 2 is 1.19 bits per heavy atom. The lowest BCUT2D eigenvalue weighted by molar-refractivity contribution is -0.266. The minimum Gasteiger partial charge on any atom is -0.408 e. The van der Waals surface area contributed by atoms with E-state index in [0.717, 1.165) is 62.5 Å². The van der Waals surface area contributed by atoms with Crippen LogP contribution in [0.25, 0.3) is 0 Å². The van der Waals surface area contributed by atoms with Gasteiger partial charge in [0.2, 0.25) is 0 Å². The van der Waals surface area contributed by atoms with Crippen molar-refractivity contribution in [2.24, 2.45) is 23.7 Å².